The summed E-state index contributed by atoms with van der Waals surface area (Å²) in [6, 6.07) is 4.90. The van der Waals surface area contributed by atoms with Gasteiger partial charge in [-0.05, 0) is 44.4 Å². The van der Waals surface area contributed by atoms with Crippen LogP contribution in [0.3, 0.4) is 0 Å². The predicted octanol–water partition coefficient (Wildman–Crippen LogP) is 3.24. The molecule has 1 unspecified atom stereocenters. The molecule has 7 nitrogen and oxygen atoms in total. The van der Waals surface area contributed by atoms with Gasteiger partial charge in [-0.2, -0.15) is 4.39 Å². The normalized spacial score (nSPS) is 19.3. The van der Waals surface area contributed by atoms with Crippen LogP contribution in [-0.2, 0) is 0 Å². The van der Waals surface area contributed by atoms with Gasteiger partial charge in [0.1, 0.15) is 0 Å². The number of halogens is 3. The number of anilines is 2. The maximum Gasteiger partial charge on any atom is 0.257 e. The van der Waals surface area contributed by atoms with E-state index in [0.29, 0.717) is 31.0 Å². The lowest BCUT2D eigenvalue weighted by Gasteiger charge is -2.36. The van der Waals surface area contributed by atoms with Gasteiger partial charge in [-0.3, -0.25) is 4.79 Å². The lowest BCUT2D eigenvalue weighted by atomic mass is 10.0. The number of piperazine rings is 1. The number of nitrogens with zero attached hydrogens (tertiary/aromatic N) is 5. The number of ether oxygens (including phenoxy) is 1. The third-order valence-corrected chi connectivity index (χ3v) is 6.17. The van der Waals surface area contributed by atoms with E-state index in [1.807, 2.05) is 17.0 Å². The molecule has 3 heterocycles. The van der Waals surface area contributed by atoms with Gasteiger partial charge < -0.3 is 19.4 Å². The number of hydrogen-bond donors (Lipinski definition) is 0. The van der Waals surface area contributed by atoms with Crippen LogP contribution in [0, 0.1) is 17.5 Å². The van der Waals surface area contributed by atoms with Crippen molar-refractivity contribution in [3.63, 3.8) is 0 Å². The Morgan fingerprint density at radius 2 is 1.69 bits per heavy atom. The summed E-state index contributed by atoms with van der Waals surface area (Å²) in [5, 5.41) is 8.75. The van der Waals surface area contributed by atoms with Crippen LogP contribution in [0.25, 0.3) is 0 Å². The molecule has 1 aromatic carbocycles. The Hall–Kier alpha value is -3.04. The summed E-state index contributed by atoms with van der Waals surface area (Å²) < 4.78 is 46.5. The molecular weight excluding hydrogens is 423 g/mol. The van der Waals surface area contributed by atoms with E-state index in [1.54, 1.807) is 0 Å². The van der Waals surface area contributed by atoms with Gasteiger partial charge in [0.05, 0.1) is 12.7 Å². The predicted molar refractivity (Wildman–Crippen MR) is 114 cm³/mol. The minimum Gasteiger partial charge on any atom is -0.491 e. The molecule has 0 N–H and O–H groups in total. The van der Waals surface area contributed by atoms with Crippen molar-refractivity contribution in [2.45, 2.75) is 32.2 Å². The number of piperidine rings is 1. The highest BCUT2D eigenvalue weighted by Gasteiger charge is 2.29. The largest absolute Gasteiger partial charge is 0.491 e. The number of hydrogen-bond acceptors (Lipinski definition) is 6. The molecule has 0 saturated carbocycles. The van der Waals surface area contributed by atoms with Crippen LogP contribution in [0.5, 0.6) is 5.75 Å². The summed E-state index contributed by atoms with van der Waals surface area (Å²) in [5.41, 5.74) is -0.547. The number of amides is 1. The number of rotatable bonds is 4. The van der Waals surface area contributed by atoms with Crippen molar-refractivity contribution in [3.8, 4) is 5.75 Å². The molecule has 4 rings (SSSR count). The van der Waals surface area contributed by atoms with E-state index in [1.165, 1.54) is 11.3 Å². The fraction of sp³-hybridized carbons (Fsp3) is 0.500. The van der Waals surface area contributed by atoms with Crippen molar-refractivity contribution in [2.24, 2.45) is 0 Å². The summed E-state index contributed by atoms with van der Waals surface area (Å²) in [5.74, 6) is -4.03. The van der Waals surface area contributed by atoms with Crippen LogP contribution < -0.4 is 14.5 Å². The molecular formula is C22H26F3N5O2. The Balaban J connectivity index is 1.41. The van der Waals surface area contributed by atoms with Crippen molar-refractivity contribution < 1.29 is 22.7 Å². The molecule has 0 aliphatic carbocycles. The van der Waals surface area contributed by atoms with E-state index in [-0.39, 0.29) is 13.1 Å². The van der Waals surface area contributed by atoms with E-state index < -0.39 is 34.7 Å². The smallest absolute Gasteiger partial charge is 0.257 e. The van der Waals surface area contributed by atoms with Gasteiger partial charge in [-0.1, -0.05) is 0 Å². The highest BCUT2D eigenvalue weighted by molar-refractivity contribution is 5.95. The lowest BCUT2D eigenvalue weighted by molar-refractivity contribution is 0.0740. The van der Waals surface area contributed by atoms with Crippen molar-refractivity contribution in [1.82, 2.24) is 15.1 Å². The average molecular weight is 449 g/mol. The molecule has 0 spiro atoms. The molecule has 0 radical (unpaired) electrons. The topological polar surface area (TPSA) is 61.8 Å². The Morgan fingerprint density at radius 3 is 2.31 bits per heavy atom. The first-order valence-corrected chi connectivity index (χ1v) is 10.8. The zero-order chi connectivity index (χ0) is 22.8. The second-order valence-electron chi connectivity index (χ2n) is 8.13. The van der Waals surface area contributed by atoms with Gasteiger partial charge in [-0.15, -0.1) is 10.2 Å². The first-order valence-electron chi connectivity index (χ1n) is 10.8. The van der Waals surface area contributed by atoms with Gasteiger partial charge >= 0.3 is 0 Å². The number of carbonyl (C=O) groups excluding carboxylic acids is 1. The quantitative estimate of drug-likeness (QED) is 0.668. The summed E-state index contributed by atoms with van der Waals surface area (Å²) in [6.45, 7) is 4.65. The third-order valence-electron chi connectivity index (χ3n) is 6.17. The van der Waals surface area contributed by atoms with Crippen molar-refractivity contribution in [3.05, 3.63) is 41.2 Å². The molecule has 10 heteroatoms. The van der Waals surface area contributed by atoms with Crippen LogP contribution >= 0.6 is 0 Å². The van der Waals surface area contributed by atoms with Crippen LogP contribution in [0.2, 0.25) is 0 Å². The fourth-order valence-corrected chi connectivity index (χ4v) is 4.30. The minimum atomic E-state index is -1.45. The van der Waals surface area contributed by atoms with Gasteiger partial charge in [0.25, 0.3) is 5.91 Å². The summed E-state index contributed by atoms with van der Waals surface area (Å²) in [4.78, 5) is 18.4. The minimum absolute atomic E-state index is 0.284. The van der Waals surface area contributed by atoms with Crippen LogP contribution in [0.15, 0.2) is 18.2 Å². The van der Waals surface area contributed by atoms with Gasteiger partial charge in [-0.25, -0.2) is 8.78 Å². The van der Waals surface area contributed by atoms with Crippen molar-refractivity contribution >= 4 is 17.5 Å². The fourth-order valence-electron chi connectivity index (χ4n) is 4.30. The number of carbonyl (C=O) groups is 1. The van der Waals surface area contributed by atoms with Crippen LogP contribution in [0.4, 0.5) is 24.8 Å². The Labute approximate surface area is 184 Å². The molecule has 2 saturated heterocycles. The Kier molecular flexibility index (Phi) is 6.38. The summed E-state index contributed by atoms with van der Waals surface area (Å²) in [7, 11) is 1.02. The number of methoxy groups -OCH3 is 1. The van der Waals surface area contributed by atoms with Crippen LogP contribution in [-0.4, -0.2) is 66.9 Å². The zero-order valence-electron chi connectivity index (χ0n) is 18.2. The second kappa shape index (κ2) is 9.22. The maximum atomic E-state index is 14.5. The van der Waals surface area contributed by atoms with Crippen molar-refractivity contribution in [1.29, 1.82) is 0 Å². The Bertz CT molecular complexity index is 981. The summed E-state index contributed by atoms with van der Waals surface area (Å²) >= 11 is 0. The molecule has 0 bridgehead atoms. The molecule has 2 aromatic rings. The molecule has 2 fully saturated rings. The molecule has 32 heavy (non-hydrogen) atoms. The maximum absolute atomic E-state index is 14.5. The van der Waals surface area contributed by atoms with Gasteiger partial charge in [0.15, 0.2) is 29.0 Å². The van der Waals surface area contributed by atoms with Crippen LogP contribution in [0.1, 0.15) is 36.5 Å². The van der Waals surface area contributed by atoms with E-state index in [2.05, 4.69) is 26.8 Å². The van der Waals surface area contributed by atoms with E-state index in [0.717, 1.165) is 32.3 Å². The monoisotopic (exact) mass is 449 g/mol. The third kappa shape index (κ3) is 4.18. The highest BCUT2D eigenvalue weighted by Crippen LogP contribution is 2.28. The highest BCUT2D eigenvalue weighted by atomic mass is 19.2. The number of benzene rings is 1. The van der Waals surface area contributed by atoms with E-state index in [9.17, 15) is 18.0 Å². The van der Waals surface area contributed by atoms with Crippen molar-refractivity contribution in [2.75, 3.05) is 49.6 Å². The first kappa shape index (κ1) is 22.2. The second-order valence-corrected chi connectivity index (χ2v) is 8.13. The lowest BCUT2D eigenvalue weighted by Crippen LogP contribution is -2.49. The molecule has 172 valence electrons. The van der Waals surface area contributed by atoms with E-state index in [4.69, 9.17) is 0 Å². The molecule has 2 aliphatic rings. The van der Waals surface area contributed by atoms with E-state index >= 15 is 0 Å². The Morgan fingerprint density at radius 1 is 1.00 bits per heavy atom. The molecule has 1 aromatic heterocycles. The molecule has 2 aliphatic heterocycles. The van der Waals surface area contributed by atoms with Gasteiger partial charge in [0.2, 0.25) is 5.82 Å². The van der Waals surface area contributed by atoms with Gasteiger partial charge in [0, 0.05) is 38.8 Å². The summed E-state index contributed by atoms with van der Waals surface area (Å²) in [6.07, 6.45) is 3.52. The first-order chi connectivity index (χ1) is 15.4. The average Bonchev–Trinajstić information content (AvgIpc) is 2.82. The standard InChI is InChI=1S/C22H26F3N5O2/c1-14-5-3-4-8-30(14)18-7-6-17(26-27-18)28-9-11-29(12-10-28)22(31)15-13-16(23)20(25)21(32-2)19(15)24/h6-7,13-14H,3-5,8-12H2,1-2H3. The number of aromatic nitrogens is 2. The molecule has 1 atom stereocenters. The SMILES string of the molecule is COc1c(F)c(F)cc(C(=O)N2CCN(c3ccc(N4CCCCC4C)nn3)CC2)c1F. The zero-order valence-corrected chi connectivity index (χ0v) is 18.2. The molecule has 1 amide bonds.